The Kier molecular flexibility index (Phi) is 6.20. The molecule has 0 bridgehead atoms. The van der Waals surface area contributed by atoms with E-state index in [1.807, 2.05) is 6.07 Å². The Bertz CT molecular complexity index is 1180. The van der Waals surface area contributed by atoms with Gasteiger partial charge in [0, 0.05) is 24.5 Å². The molecule has 1 aliphatic carbocycles. The average molecular weight is 491 g/mol. The molecule has 0 radical (unpaired) electrons. The molecule has 0 amide bonds. The maximum atomic E-state index is 14.4. The fraction of sp³-hybridized carbons (Fsp3) is 0.417. The molecule has 3 atom stereocenters. The summed E-state index contributed by atoms with van der Waals surface area (Å²) in [6.07, 6.45) is 3.83. The molecular weight excluding hydrogens is 466 g/mol. The first-order valence-electron chi connectivity index (χ1n) is 11.0. The first-order chi connectivity index (χ1) is 15.9. The summed E-state index contributed by atoms with van der Waals surface area (Å²) < 4.78 is 26.2. The third-order valence-electron chi connectivity index (χ3n) is 6.69. The van der Waals surface area contributed by atoms with E-state index in [1.54, 1.807) is 13.2 Å². The number of anilines is 2. The highest BCUT2D eigenvalue weighted by molar-refractivity contribution is 6.42. The van der Waals surface area contributed by atoms with Gasteiger partial charge in [0.05, 0.1) is 35.0 Å². The topological polar surface area (TPSA) is 59.5 Å². The molecule has 1 N–H and O–H groups in total. The fourth-order valence-electron chi connectivity index (χ4n) is 5.19. The molecule has 174 valence electrons. The number of fused-ring (bicyclic) bond motifs is 2. The number of likely N-dealkylation sites (tertiary alicyclic amines) is 1. The van der Waals surface area contributed by atoms with E-state index < -0.39 is 5.82 Å². The zero-order valence-corrected chi connectivity index (χ0v) is 20.0. The molecule has 2 aromatic carbocycles. The molecule has 6 nitrogen and oxygen atoms in total. The van der Waals surface area contributed by atoms with Gasteiger partial charge in [-0.15, -0.1) is 0 Å². The summed E-state index contributed by atoms with van der Waals surface area (Å²) in [6, 6.07) is 6.24. The van der Waals surface area contributed by atoms with Gasteiger partial charge in [0.1, 0.15) is 18.0 Å². The van der Waals surface area contributed by atoms with Crippen LogP contribution in [0.5, 0.6) is 11.5 Å². The molecule has 2 aliphatic rings. The largest absolute Gasteiger partial charge is 0.493 e. The molecule has 1 aromatic heterocycles. The summed E-state index contributed by atoms with van der Waals surface area (Å²) in [6.45, 7) is 3.03. The van der Waals surface area contributed by atoms with Crippen LogP contribution in [-0.4, -0.2) is 48.7 Å². The molecule has 3 aromatic rings. The van der Waals surface area contributed by atoms with Crippen LogP contribution in [0.1, 0.15) is 12.8 Å². The molecule has 33 heavy (non-hydrogen) atoms. The number of hydrogen-bond donors (Lipinski definition) is 1. The summed E-state index contributed by atoms with van der Waals surface area (Å²) in [5.74, 6) is 3.23. The average Bonchev–Trinajstić information content (AvgIpc) is 3.32. The lowest BCUT2D eigenvalue weighted by atomic mass is 10.0. The normalized spacial score (nSPS) is 22.5. The predicted molar refractivity (Wildman–Crippen MR) is 128 cm³/mol. The van der Waals surface area contributed by atoms with Crippen molar-refractivity contribution in [3.8, 4) is 11.5 Å². The molecule has 0 spiro atoms. The first-order valence-corrected chi connectivity index (χ1v) is 11.7. The van der Waals surface area contributed by atoms with Gasteiger partial charge < -0.3 is 19.7 Å². The van der Waals surface area contributed by atoms with Crippen LogP contribution in [0, 0.1) is 23.6 Å². The van der Waals surface area contributed by atoms with Crippen molar-refractivity contribution in [2.75, 3.05) is 39.2 Å². The Labute approximate surface area is 202 Å². The van der Waals surface area contributed by atoms with Crippen molar-refractivity contribution >= 4 is 45.6 Å². The first kappa shape index (κ1) is 22.4. The number of halogens is 3. The minimum Gasteiger partial charge on any atom is -0.493 e. The van der Waals surface area contributed by atoms with Crippen LogP contribution in [0.15, 0.2) is 30.6 Å². The van der Waals surface area contributed by atoms with Gasteiger partial charge in [-0.25, -0.2) is 14.4 Å². The minimum absolute atomic E-state index is 0.147. The van der Waals surface area contributed by atoms with Crippen LogP contribution < -0.4 is 14.8 Å². The number of rotatable bonds is 6. The van der Waals surface area contributed by atoms with Gasteiger partial charge in [0.25, 0.3) is 0 Å². The van der Waals surface area contributed by atoms with Crippen molar-refractivity contribution in [1.82, 2.24) is 14.9 Å². The quantitative estimate of drug-likeness (QED) is 0.441. The summed E-state index contributed by atoms with van der Waals surface area (Å²) in [5, 5.41) is 4.05. The Balaban J connectivity index is 1.37. The third-order valence-corrected chi connectivity index (χ3v) is 7.41. The smallest absolute Gasteiger partial charge is 0.163 e. The number of benzene rings is 2. The highest BCUT2D eigenvalue weighted by Crippen LogP contribution is 2.42. The van der Waals surface area contributed by atoms with Gasteiger partial charge in [0.2, 0.25) is 0 Å². The highest BCUT2D eigenvalue weighted by Gasteiger charge is 2.39. The molecule has 5 rings (SSSR count). The molecule has 1 aliphatic heterocycles. The van der Waals surface area contributed by atoms with E-state index >= 15 is 0 Å². The Morgan fingerprint density at radius 3 is 2.52 bits per heavy atom. The van der Waals surface area contributed by atoms with Gasteiger partial charge in [0.15, 0.2) is 11.5 Å². The maximum absolute atomic E-state index is 14.4. The molecular formula is C24H25Cl2FN4O2. The molecule has 9 heteroatoms. The zero-order chi connectivity index (χ0) is 23.1. The zero-order valence-electron chi connectivity index (χ0n) is 18.4. The molecule has 1 saturated heterocycles. The van der Waals surface area contributed by atoms with Gasteiger partial charge in [-0.1, -0.05) is 23.2 Å². The van der Waals surface area contributed by atoms with E-state index in [0.29, 0.717) is 40.7 Å². The summed E-state index contributed by atoms with van der Waals surface area (Å²) in [5.41, 5.74) is 0.829. The van der Waals surface area contributed by atoms with E-state index in [4.69, 9.17) is 32.7 Å². The summed E-state index contributed by atoms with van der Waals surface area (Å²) >= 11 is 11.9. The number of hydrogen-bond acceptors (Lipinski definition) is 6. The predicted octanol–water partition coefficient (Wildman–Crippen LogP) is 5.79. The van der Waals surface area contributed by atoms with Gasteiger partial charge in [-0.3, -0.25) is 0 Å². The third kappa shape index (κ3) is 4.54. The fourth-order valence-corrected chi connectivity index (χ4v) is 5.50. The van der Waals surface area contributed by atoms with Crippen molar-refractivity contribution in [2.24, 2.45) is 17.8 Å². The van der Waals surface area contributed by atoms with E-state index in [1.165, 1.54) is 38.3 Å². The van der Waals surface area contributed by atoms with Crippen LogP contribution in [0.2, 0.25) is 10.0 Å². The number of methoxy groups -OCH3 is 1. The van der Waals surface area contributed by atoms with Crippen LogP contribution in [0.3, 0.4) is 0 Å². The van der Waals surface area contributed by atoms with Crippen molar-refractivity contribution < 1.29 is 13.9 Å². The van der Waals surface area contributed by atoms with Crippen molar-refractivity contribution in [2.45, 2.75) is 12.8 Å². The standard InChI is InChI=1S/C24H25Cl2FN4O2/c1-31-9-14-3-13(4-15(14)10-31)11-33-23-8-20-16(5-22(23)32-2)24(29-12-28-20)30-21-7-18(26)17(25)6-19(21)27/h5-8,12-15H,3-4,9-11H2,1-2H3,(H,28,29,30)/t13?,14-,15+. The summed E-state index contributed by atoms with van der Waals surface area (Å²) in [7, 11) is 3.80. The van der Waals surface area contributed by atoms with Crippen LogP contribution in [0.25, 0.3) is 10.9 Å². The summed E-state index contributed by atoms with van der Waals surface area (Å²) in [4.78, 5) is 11.1. The second-order valence-corrected chi connectivity index (χ2v) is 9.82. The molecule has 1 saturated carbocycles. The monoisotopic (exact) mass is 490 g/mol. The number of aromatic nitrogens is 2. The van der Waals surface area contributed by atoms with Crippen molar-refractivity contribution in [3.05, 3.63) is 46.5 Å². The Morgan fingerprint density at radius 1 is 1.06 bits per heavy atom. The number of nitrogens with zero attached hydrogens (tertiary/aromatic N) is 3. The van der Waals surface area contributed by atoms with E-state index in [9.17, 15) is 4.39 Å². The number of nitrogens with one attached hydrogen (secondary N) is 1. The second kappa shape index (κ2) is 9.12. The lowest BCUT2D eigenvalue weighted by Crippen LogP contribution is -2.18. The molecule has 2 heterocycles. The van der Waals surface area contributed by atoms with Gasteiger partial charge in [-0.05, 0) is 55.8 Å². The Morgan fingerprint density at radius 2 is 1.79 bits per heavy atom. The SMILES string of the molecule is COc1cc2c(Nc3cc(Cl)c(Cl)cc3F)ncnc2cc1OCC1C[C@@H]2CN(C)C[C@@H]2C1. The highest BCUT2D eigenvalue weighted by atomic mass is 35.5. The van der Waals surface area contributed by atoms with Crippen molar-refractivity contribution in [3.63, 3.8) is 0 Å². The van der Waals surface area contributed by atoms with Crippen LogP contribution in [0.4, 0.5) is 15.9 Å². The van der Waals surface area contributed by atoms with Gasteiger partial charge >= 0.3 is 0 Å². The van der Waals surface area contributed by atoms with E-state index in [-0.39, 0.29) is 15.7 Å². The van der Waals surface area contributed by atoms with Gasteiger partial charge in [-0.2, -0.15) is 0 Å². The van der Waals surface area contributed by atoms with Crippen LogP contribution in [-0.2, 0) is 0 Å². The maximum Gasteiger partial charge on any atom is 0.163 e. The lowest BCUT2D eigenvalue weighted by molar-refractivity contribution is 0.227. The molecule has 1 unspecified atom stereocenters. The van der Waals surface area contributed by atoms with Crippen LogP contribution >= 0.6 is 23.2 Å². The van der Waals surface area contributed by atoms with E-state index in [2.05, 4.69) is 27.2 Å². The lowest BCUT2D eigenvalue weighted by Gasteiger charge is -2.17. The van der Waals surface area contributed by atoms with E-state index in [0.717, 1.165) is 17.9 Å². The molecule has 2 fully saturated rings. The minimum atomic E-state index is -0.532. The Hall–Kier alpha value is -2.35. The number of ether oxygens (including phenoxy) is 2. The second-order valence-electron chi connectivity index (χ2n) is 9.00. The van der Waals surface area contributed by atoms with Crippen molar-refractivity contribution in [1.29, 1.82) is 0 Å².